The fraction of sp³-hybridized carbons (Fsp3) is 0.545. The summed E-state index contributed by atoms with van der Waals surface area (Å²) in [4.78, 5) is 12.6. The third kappa shape index (κ3) is 6.34. The fourth-order valence-electron chi connectivity index (χ4n) is 2.47. The predicted octanol–water partition coefficient (Wildman–Crippen LogP) is 5.21. The van der Waals surface area contributed by atoms with Crippen molar-refractivity contribution < 1.29 is 19.1 Å². The zero-order valence-corrected chi connectivity index (χ0v) is 20.3. The zero-order chi connectivity index (χ0) is 22.7. The molecule has 2 aromatic rings. The predicted molar refractivity (Wildman–Crippen MR) is 122 cm³/mol. The maximum Gasteiger partial charge on any atom is 0.257 e. The molecule has 0 spiro atoms. The summed E-state index contributed by atoms with van der Waals surface area (Å²) in [6.45, 7) is 17.3. The highest BCUT2D eigenvalue weighted by Gasteiger charge is 2.37. The second kappa shape index (κ2) is 9.22. The third-order valence-corrected chi connectivity index (χ3v) is 9.86. The van der Waals surface area contributed by atoms with Crippen LogP contribution in [0.4, 0.5) is 5.82 Å². The van der Waals surface area contributed by atoms with E-state index in [4.69, 9.17) is 9.16 Å². The van der Waals surface area contributed by atoms with Crippen LogP contribution < -0.4 is 10.1 Å². The zero-order valence-electron chi connectivity index (χ0n) is 19.3. The molecule has 0 aliphatic heterocycles. The number of carbonyl (C=O) groups is 1. The van der Waals surface area contributed by atoms with Crippen LogP contribution in [0.25, 0.3) is 0 Å². The first-order valence-electron chi connectivity index (χ1n) is 10.3. The largest absolute Gasteiger partial charge is 0.508 e. The molecule has 0 bridgehead atoms. The van der Waals surface area contributed by atoms with E-state index in [2.05, 4.69) is 44.3 Å². The molecule has 1 atom stereocenters. The van der Waals surface area contributed by atoms with Crippen LogP contribution in [0.15, 0.2) is 30.5 Å². The topological polar surface area (TPSA) is 85.6 Å². The van der Waals surface area contributed by atoms with Gasteiger partial charge in [0, 0.05) is 29.9 Å². The molecule has 0 aliphatic carbocycles. The SMILES string of the molecule is CC(C)n1ccc(NC(=O)c2cc(O)cc(O[C@@H](C)CO[Si](C)(C)C(C)(C)C)c2)n1. The molecule has 1 aromatic heterocycles. The molecule has 0 aliphatic rings. The number of amides is 1. The highest BCUT2D eigenvalue weighted by molar-refractivity contribution is 6.74. The van der Waals surface area contributed by atoms with Crippen LogP contribution in [0.3, 0.4) is 0 Å². The lowest BCUT2D eigenvalue weighted by atomic mass is 10.2. The average Bonchev–Trinajstić information content (AvgIpc) is 3.07. The molecule has 30 heavy (non-hydrogen) atoms. The normalized spacial score (nSPS) is 13.4. The standard InChI is InChI=1S/C22H35N3O4Si/c1-15(2)25-10-9-20(24-25)23-21(27)17-11-18(26)13-19(12-17)29-16(3)14-28-30(7,8)22(4,5)6/h9-13,15-16,26H,14H2,1-8H3,(H,23,24,27)/t16-/m0/s1. The molecule has 0 fully saturated rings. The van der Waals surface area contributed by atoms with Gasteiger partial charge in [0.2, 0.25) is 0 Å². The summed E-state index contributed by atoms with van der Waals surface area (Å²) in [7, 11) is -1.88. The first-order chi connectivity index (χ1) is 13.8. The van der Waals surface area contributed by atoms with Crippen molar-refractivity contribution in [2.75, 3.05) is 11.9 Å². The molecule has 1 aromatic carbocycles. The summed E-state index contributed by atoms with van der Waals surface area (Å²) in [5, 5.41) is 17.2. The number of aromatic nitrogens is 2. The van der Waals surface area contributed by atoms with Gasteiger partial charge in [-0.05, 0) is 51.0 Å². The smallest absolute Gasteiger partial charge is 0.257 e. The molecule has 0 saturated carbocycles. The number of hydrogen-bond donors (Lipinski definition) is 2. The van der Waals surface area contributed by atoms with Gasteiger partial charge in [-0.2, -0.15) is 5.10 Å². The van der Waals surface area contributed by atoms with Crippen molar-refractivity contribution in [2.45, 2.75) is 71.8 Å². The Balaban J connectivity index is 2.04. The Bertz CT molecular complexity index is 872. The summed E-state index contributed by atoms with van der Waals surface area (Å²) < 4.78 is 13.9. The summed E-state index contributed by atoms with van der Waals surface area (Å²) in [6, 6.07) is 6.44. The van der Waals surface area contributed by atoms with E-state index in [0.717, 1.165) is 0 Å². The van der Waals surface area contributed by atoms with Gasteiger partial charge in [-0.1, -0.05) is 20.8 Å². The molecule has 1 amide bonds. The monoisotopic (exact) mass is 433 g/mol. The molecule has 0 radical (unpaired) electrons. The number of ether oxygens (including phenoxy) is 1. The van der Waals surface area contributed by atoms with Gasteiger partial charge in [0.15, 0.2) is 14.1 Å². The Kier molecular flexibility index (Phi) is 7.36. The number of aromatic hydroxyl groups is 1. The summed E-state index contributed by atoms with van der Waals surface area (Å²) in [5.41, 5.74) is 0.293. The Morgan fingerprint density at radius 2 is 1.90 bits per heavy atom. The minimum absolute atomic E-state index is 0.0390. The van der Waals surface area contributed by atoms with Crippen molar-refractivity contribution in [3.8, 4) is 11.5 Å². The maximum atomic E-state index is 12.6. The first-order valence-corrected chi connectivity index (χ1v) is 13.2. The molecular formula is C22H35N3O4Si. The number of hydrogen-bond acceptors (Lipinski definition) is 5. The van der Waals surface area contributed by atoms with E-state index >= 15 is 0 Å². The Morgan fingerprint density at radius 1 is 1.23 bits per heavy atom. The molecule has 2 rings (SSSR count). The molecule has 0 saturated heterocycles. The molecule has 2 N–H and O–H groups in total. The van der Waals surface area contributed by atoms with Crippen molar-refractivity contribution in [2.24, 2.45) is 0 Å². The third-order valence-electron chi connectivity index (χ3n) is 5.35. The molecule has 1 heterocycles. The second-order valence-corrected chi connectivity index (χ2v) is 14.3. The number of benzene rings is 1. The lowest BCUT2D eigenvalue weighted by Crippen LogP contribution is -2.43. The van der Waals surface area contributed by atoms with E-state index in [1.165, 1.54) is 12.1 Å². The van der Waals surface area contributed by atoms with Gasteiger partial charge in [-0.15, -0.1) is 0 Å². The Hall–Kier alpha value is -2.32. The maximum absolute atomic E-state index is 12.6. The molecule has 166 valence electrons. The van der Waals surface area contributed by atoms with Crippen molar-refractivity contribution in [1.29, 1.82) is 0 Å². The van der Waals surface area contributed by atoms with Crippen LogP contribution in [0.5, 0.6) is 11.5 Å². The van der Waals surface area contributed by atoms with Gasteiger partial charge in [0.25, 0.3) is 5.91 Å². The first kappa shape index (κ1) is 24.0. The van der Waals surface area contributed by atoms with Gasteiger partial charge in [-0.25, -0.2) is 0 Å². The quantitative estimate of drug-likeness (QED) is 0.558. The van der Waals surface area contributed by atoms with Crippen LogP contribution >= 0.6 is 0 Å². The van der Waals surface area contributed by atoms with Gasteiger partial charge < -0.3 is 19.6 Å². The van der Waals surface area contributed by atoms with E-state index < -0.39 is 8.32 Å². The fourth-order valence-corrected chi connectivity index (χ4v) is 3.56. The van der Waals surface area contributed by atoms with E-state index in [1.54, 1.807) is 23.0 Å². The molecule has 8 heteroatoms. The van der Waals surface area contributed by atoms with Gasteiger partial charge in [0.05, 0.1) is 6.61 Å². The van der Waals surface area contributed by atoms with Crippen LogP contribution in [0.1, 0.15) is 57.9 Å². The minimum Gasteiger partial charge on any atom is -0.508 e. The molecule has 0 unspecified atom stereocenters. The minimum atomic E-state index is -1.88. The van der Waals surface area contributed by atoms with Crippen molar-refractivity contribution in [3.63, 3.8) is 0 Å². The van der Waals surface area contributed by atoms with Crippen molar-refractivity contribution >= 4 is 20.0 Å². The van der Waals surface area contributed by atoms with Crippen molar-refractivity contribution in [3.05, 3.63) is 36.0 Å². The highest BCUT2D eigenvalue weighted by Crippen LogP contribution is 2.36. The van der Waals surface area contributed by atoms with Gasteiger partial charge in [0.1, 0.15) is 17.6 Å². The second-order valence-electron chi connectivity index (χ2n) is 9.44. The number of nitrogens with zero attached hydrogens (tertiary/aromatic N) is 2. The van der Waals surface area contributed by atoms with E-state index in [-0.39, 0.29) is 28.8 Å². The van der Waals surface area contributed by atoms with E-state index in [1.807, 2.05) is 20.8 Å². The number of carbonyl (C=O) groups excluding carboxylic acids is 1. The average molecular weight is 434 g/mol. The number of anilines is 1. The van der Waals surface area contributed by atoms with E-state index in [9.17, 15) is 9.90 Å². The summed E-state index contributed by atoms with van der Waals surface area (Å²) in [5.74, 6) is 0.465. The number of rotatable bonds is 8. The van der Waals surface area contributed by atoms with Gasteiger partial charge >= 0.3 is 0 Å². The summed E-state index contributed by atoms with van der Waals surface area (Å²) >= 11 is 0. The van der Waals surface area contributed by atoms with Crippen molar-refractivity contribution in [1.82, 2.24) is 9.78 Å². The van der Waals surface area contributed by atoms with Crippen LogP contribution in [0.2, 0.25) is 18.1 Å². The summed E-state index contributed by atoms with van der Waals surface area (Å²) in [6.07, 6.45) is 1.58. The van der Waals surface area contributed by atoms with Gasteiger partial charge in [-0.3, -0.25) is 9.48 Å². The Labute approximate surface area is 180 Å². The molecule has 7 nitrogen and oxygen atoms in total. The number of phenolic OH excluding ortho intramolecular Hbond substituents is 1. The lowest BCUT2D eigenvalue weighted by molar-refractivity contribution is 0.102. The van der Waals surface area contributed by atoms with Crippen LogP contribution in [0, 0.1) is 0 Å². The highest BCUT2D eigenvalue weighted by atomic mass is 28.4. The lowest BCUT2D eigenvalue weighted by Gasteiger charge is -2.36. The van der Waals surface area contributed by atoms with Crippen LogP contribution in [-0.2, 0) is 4.43 Å². The number of nitrogens with one attached hydrogen (secondary N) is 1. The number of phenols is 1. The molecular weight excluding hydrogens is 398 g/mol. The van der Waals surface area contributed by atoms with Crippen LogP contribution in [-0.4, -0.2) is 41.8 Å². The van der Waals surface area contributed by atoms with E-state index in [0.29, 0.717) is 23.7 Å². The Morgan fingerprint density at radius 3 is 2.47 bits per heavy atom.